The lowest BCUT2D eigenvalue weighted by Crippen LogP contribution is -2.21. The van der Waals surface area contributed by atoms with E-state index >= 15 is 0 Å². The van der Waals surface area contributed by atoms with Crippen LogP contribution in [0.5, 0.6) is 0 Å². The third-order valence-corrected chi connectivity index (χ3v) is 2.52. The van der Waals surface area contributed by atoms with Crippen LogP contribution in [0.1, 0.15) is 13.3 Å². The Labute approximate surface area is 93.0 Å². The number of nitrogens with one attached hydrogen (secondary N) is 1. The molecule has 1 rings (SSSR count). The number of hydrogen-bond donors (Lipinski definition) is 1. The maximum absolute atomic E-state index is 8.44. The molecule has 6 nitrogen and oxygen atoms in total. The van der Waals surface area contributed by atoms with Gasteiger partial charge in [0.05, 0.1) is 18.4 Å². The van der Waals surface area contributed by atoms with Gasteiger partial charge in [0.1, 0.15) is 0 Å². The van der Waals surface area contributed by atoms with E-state index in [1.54, 1.807) is 4.68 Å². The first-order valence-electron chi connectivity index (χ1n) is 4.85. The van der Waals surface area contributed by atoms with Crippen molar-refractivity contribution in [2.24, 2.45) is 0 Å². The summed E-state index contributed by atoms with van der Waals surface area (Å²) < 4.78 is 1.71. The Bertz CT molecular complexity index is 317. The molecule has 0 aliphatic carbocycles. The third kappa shape index (κ3) is 4.27. The summed E-state index contributed by atoms with van der Waals surface area (Å²) in [4.78, 5) is 0. The molecule has 1 aromatic heterocycles. The van der Waals surface area contributed by atoms with Crippen LogP contribution in [0.3, 0.4) is 0 Å². The maximum atomic E-state index is 8.44. The lowest BCUT2D eigenvalue weighted by Gasteiger charge is -2.03. The van der Waals surface area contributed by atoms with E-state index in [0.29, 0.717) is 10.9 Å². The lowest BCUT2D eigenvalue weighted by atomic mass is 10.5. The molecule has 1 heterocycles. The Morgan fingerprint density at radius 3 is 3.13 bits per heavy atom. The Morgan fingerprint density at radius 1 is 1.53 bits per heavy atom. The topological polar surface area (TPSA) is 79.4 Å². The van der Waals surface area contributed by atoms with Crippen molar-refractivity contribution in [2.75, 3.05) is 18.8 Å². The van der Waals surface area contributed by atoms with Crippen LogP contribution < -0.4 is 5.32 Å². The molecule has 15 heavy (non-hydrogen) atoms. The van der Waals surface area contributed by atoms with Gasteiger partial charge in [0.2, 0.25) is 5.16 Å². The number of tetrazole rings is 1. The molecule has 82 valence electrons. The highest BCUT2D eigenvalue weighted by molar-refractivity contribution is 7.99. The average Bonchev–Trinajstić information content (AvgIpc) is 2.69. The molecule has 0 aliphatic heterocycles. The first-order chi connectivity index (χ1) is 7.38. The van der Waals surface area contributed by atoms with Gasteiger partial charge in [-0.2, -0.15) is 5.26 Å². The molecule has 0 amide bonds. The molecule has 0 spiro atoms. The molecule has 1 N–H and O–H groups in total. The van der Waals surface area contributed by atoms with E-state index < -0.39 is 0 Å². The standard InChI is InChI=1S/C8H14N6S/c1-2-4-10-5-6-14-8(11-12-13-14)15-7-3-9/h10H,2,4-7H2,1H3. The monoisotopic (exact) mass is 226 g/mol. The second-order valence-electron chi connectivity index (χ2n) is 2.88. The second kappa shape index (κ2) is 7.20. The van der Waals surface area contributed by atoms with Crippen LogP contribution in [-0.2, 0) is 6.54 Å². The Kier molecular flexibility index (Phi) is 5.73. The van der Waals surface area contributed by atoms with Crippen LogP contribution >= 0.6 is 11.8 Å². The van der Waals surface area contributed by atoms with Crippen LogP contribution in [0, 0.1) is 11.3 Å². The van der Waals surface area contributed by atoms with Gasteiger partial charge >= 0.3 is 0 Å². The van der Waals surface area contributed by atoms with E-state index in [2.05, 4.69) is 27.8 Å². The van der Waals surface area contributed by atoms with Crippen LogP contribution in [0.4, 0.5) is 0 Å². The highest BCUT2D eigenvalue weighted by Gasteiger charge is 2.04. The Morgan fingerprint density at radius 2 is 2.40 bits per heavy atom. The van der Waals surface area contributed by atoms with Gasteiger partial charge < -0.3 is 5.32 Å². The molecule has 7 heteroatoms. The van der Waals surface area contributed by atoms with Gasteiger partial charge in [0.25, 0.3) is 0 Å². The summed E-state index contributed by atoms with van der Waals surface area (Å²) in [5.41, 5.74) is 0. The quantitative estimate of drug-likeness (QED) is 0.531. The predicted molar refractivity (Wildman–Crippen MR) is 57.3 cm³/mol. The average molecular weight is 226 g/mol. The summed E-state index contributed by atoms with van der Waals surface area (Å²) in [6.07, 6.45) is 1.12. The molecule has 1 aromatic rings. The number of nitrogens with zero attached hydrogens (tertiary/aromatic N) is 5. The van der Waals surface area contributed by atoms with Crippen molar-refractivity contribution in [2.45, 2.75) is 25.0 Å². The molecule has 0 saturated heterocycles. The zero-order valence-corrected chi connectivity index (χ0v) is 9.50. The van der Waals surface area contributed by atoms with E-state index in [-0.39, 0.29) is 0 Å². The van der Waals surface area contributed by atoms with Gasteiger partial charge in [-0.05, 0) is 23.4 Å². The number of thioether (sulfide) groups is 1. The third-order valence-electron chi connectivity index (χ3n) is 1.69. The van der Waals surface area contributed by atoms with E-state index in [4.69, 9.17) is 5.26 Å². The molecule has 0 fully saturated rings. The molecule has 0 saturated carbocycles. The number of hydrogen-bond acceptors (Lipinski definition) is 6. The van der Waals surface area contributed by atoms with Crippen molar-refractivity contribution in [3.63, 3.8) is 0 Å². The van der Waals surface area contributed by atoms with Crippen molar-refractivity contribution >= 4 is 11.8 Å². The van der Waals surface area contributed by atoms with E-state index in [1.165, 1.54) is 11.8 Å². The molecule has 0 aliphatic rings. The van der Waals surface area contributed by atoms with Crippen molar-refractivity contribution in [1.82, 2.24) is 25.5 Å². The summed E-state index contributed by atoms with van der Waals surface area (Å²) >= 11 is 1.36. The molecule has 0 radical (unpaired) electrons. The number of aromatic nitrogens is 4. The number of rotatable bonds is 7. The predicted octanol–water partition coefficient (Wildman–Crippen LogP) is 0.288. The minimum Gasteiger partial charge on any atom is -0.315 e. The first kappa shape index (κ1) is 11.9. The van der Waals surface area contributed by atoms with Crippen LogP contribution in [0.25, 0.3) is 0 Å². The summed E-state index contributed by atoms with van der Waals surface area (Å²) in [6, 6.07) is 2.05. The summed E-state index contributed by atoms with van der Waals surface area (Å²) in [6.45, 7) is 4.71. The molecule has 0 atom stereocenters. The number of nitriles is 1. The van der Waals surface area contributed by atoms with Crippen molar-refractivity contribution < 1.29 is 0 Å². The zero-order valence-electron chi connectivity index (χ0n) is 8.68. The summed E-state index contributed by atoms with van der Waals surface area (Å²) in [5, 5.41) is 23.7. The fourth-order valence-corrected chi connectivity index (χ4v) is 1.59. The Hall–Kier alpha value is -1.13. The normalized spacial score (nSPS) is 10.1. The van der Waals surface area contributed by atoms with Gasteiger partial charge in [-0.3, -0.25) is 0 Å². The highest BCUT2D eigenvalue weighted by Crippen LogP contribution is 2.11. The molecule has 0 unspecified atom stereocenters. The maximum Gasteiger partial charge on any atom is 0.210 e. The van der Waals surface area contributed by atoms with Crippen LogP contribution in [-0.4, -0.2) is 39.0 Å². The van der Waals surface area contributed by atoms with Crippen LogP contribution in [0.15, 0.2) is 5.16 Å². The minimum atomic E-state index is 0.378. The van der Waals surface area contributed by atoms with Gasteiger partial charge in [0.15, 0.2) is 0 Å². The highest BCUT2D eigenvalue weighted by atomic mass is 32.2. The largest absolute Gasteiger partial charge is 0.315 e. The van der Waals surface area contributed by atoms with Gasteiger partial charge in [0, 0.05) is 6.54 Å². The van der Waals surface area contributed by atoms with Crippen molar-refractivity contribution in [1.29, 1.82) is 5.26 Å². The van der Waals surface area contributed by atoms with E-state index in [1.807, 2.05) is 6.07 Å². The second-order valence-corrected chi connectivity index (χ2v) is 3.82. The molecule has 0 bridgehead atoms. The molecule has 0 aromatic carbocycles. The molecular formula is C8H14N6S. The molecular weight excluding hydrogens is 212 g/mol. The van der Waals surface area contributed by atoms with Crippen molar-refractivity contribution in [3.05, 3.63) is 0 Å². The Balaban J connectivity index is 2.33. The summed E-state index contributed by atoms with van der Waals surface area (Å²) in [5.74, 6) is 0.378. The fourth-order valence-electron chi connectivity index (χ4n) is 1.02. The first-order valence-corrected chi connectivity index (χ1v) is 5.83. The lowest BCUT2D eigenvalue weighted by molar-refractivity contribution is 0.511. The van der Waals surface area contributed by atoms with Crippen LogP contribution in [0.2, 0.25) is 0 Å². The smallest absolute Gasteiger partial charge is 0.210 e. The fraction of sp³-hybridized carbons (Fsp3) is 0.750. The minimum absolute atomic E-state index is 0.378. The zero-order chi connectivity index (χ0) is 10.9. The van der Waals surface area contributed by atoms with E-state index in [0.717, 1.165) is 26.1 Å². The van der Waals surface area contributed by atoms with Gasteiger partial charge in [-0.25, -0.2) is 4.68 Å². The van der Waals surface area contributed by atoms with Gasteiger partial charge in [-0.1, -0.05) is 18.7 Å². The van der Waals surface area contributed by atoms with Crippen molar-refractivity contribution in [3.8, 4) is 6.07 Å². The summed E-state index contributed by atoms with van der Waals surface area (Å²) in [7, 11) is 0. The SMILES string of the molecule is CCCNCCn1nnnc1SCC#N. The van der Waals surface area contributed by atoms with Gasteiger partial charge in [-0.15, -0.1) is 5.10 Å². The van der Waals surface area contributed by atoms with E-state index in [9.17, 15) is 0 Å².